The summed E-state index contributed by atoms with van der Waals surface area (Å²) in [5.74, 6) is 0.762. The molecule has 2 fully saturated rings. The maximum Gasteiger partial charge on any atom is 0.337 e. The maximum absolute atomic E-state index is 11.7. The lowest BCUT2D eigenvalue weighted by atomic mass is 9.89. The quantitative estimate of drug-likeness (QED) is 0.448. The molecule has 0 spiro atoms. The van der Waals surface area contributed by atoms with E-state index < -0.39 is 17.6 Å². The molecule has 4 N–H and O–H groups in total. The van der Waals surface area contributed by atoms with Crippen LogP contribution in [-0.4, -0.2) is 52.6 Å². The van der Waals surface area contributed by atoms with Gasteiger partial charge in [0.05, 0.1) is 19.3 Å². The summed E-state index contributed by atoms with van der Waals surface area (Å²) in [5, 5.41) is 20.2. The molecule has 27 heavy (non-hydrogen) atoms. The van der Waals surface area contributed by atoms with Gasteiger partial charge in [0.25, 0.3) is 0 Å². The summed E-state index contributed by atoms with van der Waals surface area (Å²) >= 11 is 0. The van der Waals surface area contributed by atoms with Gasteiger partial charge in [-0.05, 0) is 30.7 Å². The molecule has 150 valence electrons. The second-order valence-electron chi connectivity index (χ2n) is 7.88. The number of rotatable bonds is 13. The number of nitrogens with zero attached hydrogens (tertiary/aromatic N) is 1. The Balaban J connectivity index is 1.53. The number of aromatic nitrogens is 1. The minimum atomic E-state index is -2.14. The van der Waals surface area contributed by atoms with Gasteiger partial charge in [-0.1, -0.05) is 25.7 Å². The number of carboxylic acids is 1. The molecule has 2 saturated carbocycles. The summed E-state index contributed by atoms with van der Waals surface area (Å²) < 4.78 is 11.2. The van der Waals surface area contributed by atoms with Crippen LogP contribution in [0.5, 0.6) is 5.75 Å². The van der Waals surface area contributed by atoms with E-state index in [4.69, 9.17) is 15.2 Å². The minimum Gasteiger partial charge on any atom is -0.493 e. The van der Waals surface area contributed by atoms with Crippen LogP contribution in [0.3, 0.4) is 0 Å². The van der Waals surface area contributed by atoms with Gasteiger partial charge in [0.2, 0.25) is 0 Å². The van der Waals surface area contributed by atoms with E-state index in [1.54, 1.807) is 18.3 Å². The molecular formula is C20H30N2O5. The van der Waals surface area contributed by atoms with Gasteiger partial charge in [-0.2, -0.15) is 0 Å². The van der Waals surface area contributed by atoms with Gasteiger partial charge < -0.3 is 25.4 Å². The van der Waals surface area contributed by atoms with Crippen molar-refractivity contribution in [2.24, 2.45) is 17.6 Å². The summed E-state index contributed by atoms with van der Waals surface area (Å²) in [4.78, 5) is 15.9. The zero-order chi connectivity index (χ0) is 19.3. The second-order valence-corrected chi connectivity index (χ2v) is 7.88. The van der Waals surface area contributed by atoms with Crippen molar-refractivity contribution < 1.29 is 24.5 Å². The van der Waals surface area contributed by atoms with Crippen LogP contribution in [0.4, 0.5) is 0 Å². The third kappa shape index (κ3) is 6.16. The molecule has 0 amide bonds. The molecule has 1 heterocycles. The number of hydrogen-bond acceptors (Lipinski definition) is 6. The molecule has 0 aromatic carbocycles. The average Bonchev–Trinajstić information content (AvgIpc) is 3.53. The lowest BCUT2D eigenvalue weighted by Crippen LogP contribution is -2.57. The highest BCUT2D eigenvalue weighted by molar-refractivity contribution is 5.78. The van der Waals surface area contributed by atoms with Crippen molar-refractivity contribution >= 4 is 5.97 Å². The van der Waals surface area contributed by atoms with Crippen LogP contribution >= 0.6 is 0 Å². The van der Waals surface area contributed by atoms with Crippen LogP contribution in [0.2, 0.25) is 0 Å². The lowest BCUT2D eigenvalue weighted by Gasteiger charge is -2.29. The summed E-state index contributed by atoms with van der Waals surface area (Å²) in [6.07, 6.45) is 8.36. The number of ether oxygens (including phenoxy) is 2. The Morgan fingerprint density at radius 2 is 1.93 bits per heavy atom. The number of carbonyl (C=O) groups is 1. The Morgan fingerprint density at radius 3 is 2.56 bits per heavy atom. The van der Waals surface area contributed by atoms with Gasteiger partial charge in [-0.15, -0.1) is 0 Å². The number of nitrogens with two attached hydrogens (primary N) is 1. The maximum atomic E-state index is 11.7. The summed E-state index contributed by atoms with van der Waals surface area (Å²) in [5.41, 5.74) is 4.27. The number of pyridine rings is 1. The first kappa shape index (κ1) is 20.0. The third-order valence-corrected chi connectivity index (χ3v) is 5.38. The smallest absolute Gasteiger partial charge is 0.337 e. The van der Waals surface area contributed by atoms with E-state index in [1.807, 2.05) is 0 Å². The Hall–Kier alpha value is -1.70. The fraction of sp³-hybridized carbons (Fsp3) is 0.700. The van der Waals surface area contributed by atoms with Crippen LogP contribution in [0.25, 0.3) is 0 Å². The van der Waals surface area contributed by atoms with Gasteiger partial charge in [0.15, 0.2) is 5.60 Å². The van der Waals surface area contributed by atoms with Crippen LogP contribution in [0, 0.1) is 11.8 Å². The summed E-state index contributed by atoms with van der Waals surface area (Å²) in [6.45, 7) is 1.16. The Labute approximate surface area is 159 Å². The summed E-state index contributed by atoms with van der Waals surface area (Å²) in [7, 11) is 0. The first-order valence-corrected chi connectivity index (χ1v) is 9.84. The molecule has 3 rings (SSSR count). The van der Waals surface area contributed by atoms with E-state index in [1.165, 1.54) is 25.7 Å². The van der Waals surface area contributed by atoms with E-state index in [2.05, 4.69) is 4.98 Å². The van der Waals surface area contributed by atoms with E-state index in [9.17, 15) is 15.0 Å². The molecule has 2 aliphatic rings. The first-order valence-electron chi connectivity index (χ1n) is 9.84. The Kier molecular flexibility index (Phi) is 6.68. The van der Waals surface area contributed by atoms with Crippen molar-refractivity contribution in [3.05, 3.63) is 24.0 Å². The van der Waals surface area contributed by atoms with E-state index in [0.717, 1.165) is 24.7 Å². The van der Waals surface area contributed by atoms with Crippen molar-refractivity contribution in [2.45, 2.75) is 56.6 Å². The van der Waals surface area contributed by atoms with Gasteiger partial charge in [-0.3, -0.25) is 4.98 Å². The largest absolute Gasteiger partial charge is 0.493 e. The summed E-state index contributed by atoms with van der Waals surface area (Å²) in [6, 6.07) is 2.36. The topological polar surface area (TPSA) is 115 Å². The van der Waals surface area contributed by atoms with Gasteiger partial charge in [0, 0.05) is 31.0 Å². The zero-order valence-corrected chi connectivity index (χ0v) is 15.7. The van der Waals surface area contributed by atoms with Crippen LogP contribution in [0.1, 0.15) is 44.2 Å². The SMILES string of the molecule is NC(COCCC1CC1)C(O)(Cc1cc(OCCC2CC2)ccn1)C(=O)O. The molecular weight excluding hydrogens is 348 g/mol. The van der Waals surface area contributed by atoms with Crippen molar-refractivity contribution in [3.8, 4) is 5.75 Å². The molecule has 0 radical (unpaired) electrons. The molecule has 2 unspecified atom stereocenters. The van der Waals surface area contributed by atoms with Crippen LogP contribution in [-0.2, 0) is 16.0 Å². The Morgan fingerprint density at radius 1 is 1.26 bits per heavy atom. The molecule has 1 aromatic heterocycles. The molecule has 7 nitrogen and oxygen atoms in total. The number of hydrogen-bond donors (Lipinski definition) is 3. The van der Waals surface area contributed by atoms with Crippen LogP contribution in [0.15, 0.2) is 18.3 Å². The standard InChI is InChI=1S/C20H30N2O5/c21-18(13-26-9-6-14-1-2-14)20(25,19(23)24)12-16-11-17(5-8-22-16)27-10-7-15-3-4-15/h5,8,11,14-15,18,25H,1-4,6-7,9-10,12-13,21H2,(H,23,24). The molecule has 0 aliphatic heterocycles. The van der Waals surface area contributed by atoms with Gasteiger partial charge in [-0.25, -0.2) is 4.79 Å². The number of carboxylic acid groups (broad SMARTS) is 1. The van der Waals surface area contributed by atoms with Gasteiger partial charge in [0.1, 0.15) is 5.75 Å². The molecule has 0 saturated heterocycles. The van der Waals surface area contributed by atoms with E-state index in [0.29, 0.717) is 24.7 Å². The molecule has 1 aromatic rings. The average molecular weight is 378 g/mol. The highest BCUT2D eigenvalue weighted by Gasteiger charge is 2.43. The van der Waals surface area contributed by atoms with Crippen molar-refractivity contribution in [2.75, 3.05) is 19.8 Å². The first-order chi connectivity index (χ1) is 13.0. The van der Waals surface area contributed by atoms with Crippen LogP contribution < -0.4 is 10.5 Å². The Bertz CT molecular complexity index is 633. The minimum absolute atomic E-state index is 0.00685. The number of aliphatic hydroxyl groups is 1. The highest BCUT2D eigenvalue weighted by Crippen LogP contribution is 2.33. The fourth-order valence-corrected chi connectivity index (χ4v) is 3.04. The normalized spacial score (nSPS) is 20.1. The molecule has 2 atom stereocenters. The number of aliphatic carboxylic acids is 1. The lowest BCUT2D eigenvalue weighted by molar-refractivity contribution is -0.162. The third-order valence-electron chi connectivity index (χ3n) is 5.38. The van der Waals surface area contributed by atoms with Crippen molar-refractivity contribution in [1.82, 2.24) is 4.98 Å². The monoisotopic (exact) mass is 378 g/mol. The highest BCUT2D eigenvalue weighted by atomic mass is 16.5. The van der Waals surface area contributed by atoms with Crippen molar-refractivity contribution in [3.63, 3.8) is 0 Å². The second kappa shape index (κ2) is 8.99. The zero-order valence-electron chi connectivity index (χ0n) is 15.7. The fourth-order valence-electron chi connectivity index (χ4n) is 3.04. The molecule has 7 heteroatoms. The predicted molar refractivity (Wildman–Crippen MR) is 99.5 cm³/mol. The van der Waals surface area contributed by atoms with E-state index in [-0.39, 0.29) is 13.0 Å². The molecule has 2 aliphatic carbocycles. The van der Waals surface area contributed by atoms with Crippen molar-refractivity contribution in [1.29, 1.82) is 0 Å². The predicted octanol–water partition coefficient (Wildman–Crippen LogP) is 1.76. The van der Waals surface area contributed by atoms with Gasteiger partial charge >= 0.3 is 5.97 Å². The molecule has 0 bridgehead atoms. The van der Waals surface area contributed by atoms with E-state index >= 15 is 0 Å².